The van der Waals surface area contributed by atoms with Crippen molar-refractivity contribution in [3.05, 3.63) is 48.9 Å². The van der Waals surface area contributed by atoms with Crippen LogP contribution in [-0.2, 0) is 0 Å². The summed E-state index contributed by atoms with van der Waals surface area (Å²) in [6, 6.07) is 13.9. The molecule has 0 unspecified atom stereocenters. The maximum absolute atomic E-state index is 8.70. The number of benzene rings is 1. The van der Waals surface area contributed by atoms with Gasteiger partial charge in [0.2, 0.25) is 0 Å². The standard InChI is InChI=1S/C13H12N4/c14-8-4-10-17(12-5-2-1-3-6-12)13-7-9-15-11-16-13/h1-3,5-7,9,11H,4,10H2. The minimum Gasteiger partial charge on any atom is -0.325 e. The highest BCUT2D eigenvalue weighted by molar-refractivity contribution is 5.59. The van der Waals surface area contributed by atoms with Crippen LogP contribution in [0.3, 0.4) is 0 Å². The molecule has 84 valence electrons. The number of aromatic nitrogens is 2. The molecule has 1 aromatic heterocycles. The van der Waals surface area contributed by atoms with Gasteiger partial charge in [-0.05, 0) is 18.2 Å². The zero-order valence-corrected chi connectivity index (χ0v) is 9.32. The molecule has 0 spiro atoms. The lowest BCUT2D eigenvalue weighted by molar-refractivity contribution is 0.920. The third-order valence-electron chi connectivity index (χ3n) is 2.36. The first kappa shape index (κ1) is 11.1. The number of rotatable bonds is 4. The summed E-state index contributed by atoms with van der Waals surface area (Å²) in [7, 11) is 0. The van der Waals surface area contributed by atoms with Gasteiger partial charge in [0.1, 0.15) is 12.1 Å². The van der Waals surface area contributed by atoms with Crippen LogP contribution in [0.25, 0.3) is 0 Å². The summed E-state index contributed by atoms with van der Waals surface area (Å²) in [4.78, 5) is 10.1. The molecule has 0 aliphatic rings. The van der Waals surface area contributed by atoms with Gasteiger partial charge in [0.15, 0.2) is 0 Å². The molecular weight excluding hydrogens is 212 g/mol. The van der Waals surface area contributed by atoms with Gasteiger partial charge in [-0.2, -0.15) is 5.26 Å². The fraction of sp³-hybridized carbons (Fsp3) is 0.154. The van der Waals surface area contributed by atoms with Gasteiger partial charge in [-0.25, -0.2) is 9.97 Å². The van der Waals surface area contributed by atoms with Gasteiger partial charge in [0, 0.05) is 18.4 Å². The molecule has 4 nitrogen and oxygen atoms in total. The molecule has 0 saturated carbocycles. The van der Waals surface area contributed by atoms with E-state index in [2.05, 4.69) is 16.0 Å². The predicted molar refractivity (Wildman–Crippen MR) is 65.7 cm³/mol. The Kier molecular flexibility index (Phi) is 3.66. The monoisotopic (exact) mass is 224 g/mol. The maximum atomic E-state index is 8.70. The zero-order valence-electron chi connectivity index (χ0n) is 9.32. The third-order valence-corrected chi connectivity index (χ3v) is 2.36. The molecule has 0 aliphatic carbocycles. The fourth-order valence-corrected chi connectivity index (χ4v) is 1.59. The number of nitrogens with zero attached hydrogens (tertiary/aromatic N) is 4. The molecule has 0 radical (unpaired) electrons. The number of hydrogen-bond acceptors (Lipinski definition) is 4. The van der Waals surface area contributed by atoms with E-state index in [1.807, 2.05) is 41.3 Å². The van der Waals surface area contributed by atoms with Gasteiger partial charge < -0.3 is 4.90 Å². The van der Waals surface area contributed by atoms with Crippen molar-refractivity contribution >= 4 is 11.5 Å². The Bertz CT molecular complexity index is 450. The highest BCUT2D eigenvalue weighted by Crippen LogP contribution is 2.22. The number of hydrogen-bond donors (Lipinski definition) is 0. The summed E-state index contributed by atoms with van der Waals surface area (Å²) in [5, 5.41) is 8.70. The fourth-order valence-electron chi connectivity index (χ4n) is 1.59. The summed E-state index contributed by atoms with van der Waals surface area (Å²) in [5.74, 6) is 0.807. The lowest BCUT2D eigenvalue weighted by Gasteiger charge is -2.22. The zero-order chi connectivity index (χ0) is 11.9. The van der Waals surface area contributed by atoms with E-state index in [0.717, 1.165) is 11.5 Å². The van der Waals surface area contributed by atoms with Crippen LogP contribution in [0, 0.1) is 11.3 Å². The van der Waals surface area contributed by atoms with Gasteiger partial charge in [0.25, 0.3) is 0 Å². The Morgan fingerprint density at radius 3 is 2.65 bits per heavy atom. The van der Waals surface area contributed by atoms with E-state index in [-0.39, 0.29) is 0 Å². The second-order valence-electron chi connectivity index (χ2n) is 3.46. The van der Waals surface area contributed by atoms with E-state index in [0.29, 0.717) is 13.0 Å². The lowest BCUT2D eigenvalue weighted by Crippen LogP contribution is -2.19. The number of anilines is 2. The molecule has 0 bridgehead atoms. The number of nitriles is 1. The summed E-state index contributed by atoms with van der Waals surface area (Å²) >= 11 is 0. The topological polar surface area (TPSA) is 52.8 Å². The van der Waals surface area contributed by atoms with Crippen LogP contribution >= 0.6 is 0 Å². The first-order chi connectivity index (χ1) is 8.42. The van der Waals surface area contributed by atoms with Crippen molar-refractivity contribution in [1.82, 2.24) is 9.97 Å². The van der Waals surface area contributed by atoms with Crippen molar-refractivity contribution in [2.24, 2.45) is 0 Å². The van der Waals surface area contributed by atoms with Crippen molar-refractivity contribution in [1.29, 1.82) is 5.26 Å². The van der Waals surface area contributed by atoms with Crippen LogP contribution in [0.4, 0.5) is 11.5 Å². The molecule has 0 fully saturated rings. The molecule has 2 rings (SSSR count). The van der Waals surface area contributed by atoms with E-state index in [9.17, 15) is 0 Å². The molecule has 2 aromatic rings. The molecule has 0 amide bonds. The van der Waals surface area contributed by atoms with Crippen molar-refractivity contribution in [3.8, 4) is 6.07 Å². The van der Waals surface area contributed by atoms with Crippen LogP contribution in [-0.4, -0.2) is 16.5 Å². The summed E-state index contributed by atoms with van der Waals surface area (Å²) in [6.45, 7) is 0.623. The van der Waals surface area contributed by atoms with Gasteiger partial charge in [-0.3, -0.25) is 0 Å². The normalized spacial score (nSPS) is 9.59. The minimum absolute atomic E-state index is 0.457. The summed E-state index contributed by atoms with van der Waals surface area (Å²) in [6.07, 6.45) is 3.67. The molecule has 0 N–H and O–H groups in total. The van der Waals surface area contributed by atoms with Crippen molar-refractivity contribution < 1.29 is 0 Å². The van der Waals surface area contributed by atoms with E-state index in [4.69, 9.17) is 5.26 Å². The highest BCUT2D eigenvalue weighted by atomic mass is 15.2. The minimum atomic E-state index is 0.457. The van der Waals surface area contributed by atoms with Crippen LogP contribution in [0.5, 0.6) is 0 Å². The van der Waals surface area contributed by atoms with E-state index in [1.165, 1.54) is 6.33 Å². The van der Waals surface area contributed by atoms with Crippen LogP contribution in [0.15, 0.2) is 48.9 Å². The molecular formula is C13H12N4. The molecule has 0 atom stereocenters. The quantitative estimate of drug-likeness (QED) is 0.800. The first-order valence-corrected chi connectivity index (χ1v) is 5.37. The molecule has 1 aromatic carbocycles. The Balaban J connectivity index is 2.30. The highest BCUT2D eigenvalue weighted by Gasteiger charge is 2.08. The molecule has 17 heavy (non-hydrogen) atoms. The molecule has 1 heterocycles. The van der Waals surface area contributed by atoms with Crippen molar-refractivity contribution in [2.75, 3.05) is 11.4 Å². The van der Waals surface area contributed by atoms with Gasteiger partial charge >= 0.3 is 0 Å². The molecule has 0 aliphatic heterocycles. The Labute approximate surface area is 100 Å². The van der Waals surface area contributed by atoms with E-state index in [1.54, 1.807) is 6.20 Å². The van der Waals surface area contributed by atoms with Gasteiger partial charge in [-0.15, -0.1) is 0 Å². The average molecular weight is 224 g/mol. The largest absolute Gasteiger partial charge is 0.325 e. The van der Waals surface area contributed by atoms with Gasteiger partial charge in [-0.1, -0.05) is 18.2 Å². The summed E-state index contributed by atoms with van der Waals surface area (Å²) in [5.41, 5.74) is 1.03. The second-order valence-corrected chi connectivity index (χ2v) is 3.46. The molecule has 4 heteroatoms. The Morgan fingerprint density at radius 1 is 1.18 bits per heavy atom. The van der Waals surface area contributed by atoms with Crippen LogP contribution < -0.4 is 4.90 Å². The first-order valence-electron chi connectivity index (χ1n) is 5.37. The summed E-state index contributed by atoms with van der Waals surface area (Å²) < 4.78 is 0. The maximum Gasteiger partial charge on any atom is 0.136 e. The van der Waals surface area contributed by atoms with Crippen molar-refractivity contribution in [2.45, 2.75) is 6.42 Å². The van der Waals surface area contributed by atoms with E-state index < -0.39 is 0 Å². The predicted octanol–water partition coefficient (Wildman–Crippen LogP) is 2.53. The Hall–Kier alpha value is -2.41. The molecule has 0 saturated heterocycles. The average Bonchev–Trinajstić information content (AvgIpc) is 2.42. The second kappa shape index (κ2) is 5.61. The Morgan fingerprint density at radius 2 is 2.00 bits per heavy atom. The van der Waals surface area contributed by atoms with Crippen LogP contribution in [0.2, 0.25) is 0 Å². The lowest BCUT2D eigenvalue weighted by atomic mass is 10.2. The van der Waals surface area contributed by atoms with E-state index >= 15 is 0 Å². The third kappa shape index (κ3) is 2.79. The van der Waals surface area contributed by atoms with Crippen LogP contribution in [0.1, 0.15) is 6.42 Å². The number of para-hydroxylation sites is 1. The SMILES string of the molecule is N#CCCN(c1ccccc1)c1ccncn1. The smallest absolute Gasteiger partial charge is 0.136 e. The van der Waals surface area contributed by atoms with Gasteiger partial charge in [0.05, 0.1) is 12.5 Å². The van der Waals surface area contributed by atoms with Crippen molar-refractivity contribution in [3.63, 3.8) is 0 Å².